The van der Waals surface area contributed by atoms with Gasteiger partial charge in [0, 0.05) is 80.6 Å². The van der Waals surface area contributed by atoms with Gasteiger partial charge >= 0.3 is 0 Å². The van der Waals surface area contributed by atoms with Crippen molar-refractivity contribution in [2.45, 2.75) is 70.6 Å². The molecule has 0 aliphatic carbocycles. The van der Waals surface area contributed by atoms with Crippen molar-refractivity contribution in [3.05, 3.63) is 114 Å². The molecular weight excluding hydrogens is 848 g/mol. The van der Waals surface area contributed by atoms with Gasteiger partial charge in [-0.1, -0.05) is 42.5 Å². The summed E-state index contributed by atoms with van der Waals surface area (Å²) < 4.78 is 0. The number of alkyl halides is 2. The highest BCUT2D eigenvalue weighted by molar-refractivity contribution is 7.10. The van der Waals surface area contributed by atoms with E-state index in [-0.39, 0.29) is 72.0 Å². The molecule has 2 aromatic carbocycles. The highest BCUT2D eigenvalue weighted by atomic mass is 35.5. The summed E-state index contributed by atoms with van der Waals surface area (Å²) in [4.78, 5) is 68.3. The number of carbonyl (C=O) groups excluding carboxylic acids is 4. The van der Waals surface area contributed by atoms with Crippen molar-refractivity contribution < 1.29 is 19.2 Å². The third-order valence-corrected chi connectivity index (χ3v) is 16.0. The average Bonchev–Trinajstić information content (AvgIpc) is 3.90. The monoisotopic (exact) mass is 902 g/mol. The molecule has 0 saturated carbocycles. The maximum absolute atomic E-state index is 14.3. The third-order valence-electron chi connectivity index (χ3n) is 13.5. The Morgan fingerprint density at radius 1 is 0.705 bits per heavy atom. The Hall–Kier alpha value is -3.78. The molecule has 4 aliphatic heterocycles. The van der Waals surface area contributed by atoms with Crippen molar-refractivity contribution in [1.29, 1.82) is 0 Å². The number of rotatable bonds is 9. The van der Waals surface area contributed by atoms with Crippen LogP contribution in [0.2, 0.25) is 0 Å². The molecule has 0 radical (unpaired) electrons. The zero-order valence-corrected chi connectivity index (χ0v) is 38.7. The number of hydrogen-bond donors (Lipinski definition) is 0. The van der Waals surface area contributed by atoms with Crippen LogP contribution in [0.15, 0.2) is 65.4 Å². The van der Waals surface area contributed by atoms with Crippen LogP contribution in [0.25, 0.3) is 0 Å². The van der Waals surface area contributed by atoms with Crippen LogP contribution in [0.3, 0.4) is 0 Å². The SMILES string of the molecule is Cc1ccccc1C1c2ccsc2C(c2ccc(C3c4ccsc4CCN3C(C)C(=O)N3CCCN(C(=O)CCl)CC3)c(C)c2)CN1CC(=O)N1CCN(C(=O)CCl)C(C)C1. The Bertz CT molecular complexity index is 2260. The van der Waals surface area contributed by atoms with Gasteiger partial charge in [-0.15, -0.1) is 45.9 Å². The Morgan fingerprint density at radius 2 is 1.41 bits per heavy atom. The number of halogens is 2. The van der Waals surface area contributed by atoms with E-state index in [1.165, 1.54) is 48.7 Å². The molecular formula is C47H56Cl2N6O4S2. The van der Waals surface area contributed by atoms with Crippen LogP contribution in [0, 0.1) is 13.8 Å². The van der Waals surface area contributed by atoms with Crippen LogP contribution in [-0.2, 0) is 25.6 Å². The first-order valence-corrected chi connectivity index (χ1v) is 24.4. The lowest BCUT2D eigenvalue weighted by atomic mass is 9.82. The van der Waals surface area contributed by atoms with Crippen molar-refractivity contribution in [2.75, 3.05) is 77.2 Å². The summed E-state index contributed by atoms with van der Waals surface area (Å²) in [6.07, 6.45) is 1.63. The minimum absolute atomic E-state index is 0.0415. The first kappa shape index (κ1) is 43.9. The van der Waals surface area contributed by atoms with E-state index in [0.29, 0.717) is 52.4 Å². The van der Waals surface area contributed by atoms with E-state index in [1.807, 2.05) is 23.6 Å². The van der Waals surface area contributed by atoms with E-state index in [2.05, 4.69) is 89.0 Å². The topological polar surface area (TPSA) is 87.7 Å². The highest BCUT2D eigenvalue weighted by Crippen LogP contribution is 2.47. The molecule has 6 heterocycles. The van der Waals surface area contributed by atoms with Gasteiger partial charge in [-0.25, -0.2) is 0 Å². The number of aryl methyl sites for hydroxylation is 2. The molecule has 2 aromatic heterocycles. The molecule has 0 bridgehead atoms. The van der Waals surface area contributed by atoms with E-state index < -0.39 is 0 Å². The van der Waals surface area contributed by atoms with E-state index in [4.69, 9.17) is 23.2 Å². The molecule has 5 unspecified atom stereocenters. The minimum Gasteiger partial charge on any atom is -0.340 e. The fourth-order valence-corrected chi connectivity index (χ4v) is 12.5. The van der Waals surface area contributed by atoms with Crippen LogP contribution in [-0.4, -0.2) is 142 Å². The lowest BCUT2D eigenvalue weighted by Gasteiger charge is -2.43. The van der Waals surface area contributed by atoms with Gasteiger partial charge in [0.05, 0.1) is 24.7 Å². The zero-order chi connectivity index (χ0) is 42.9. The van der Waals surface area contributed by atoms with Crippen LogP contribution >= 0.6 is 45.9 Å². The zero-order valence-electron chi connectivity index (χ0n) is 35.5. The summed E-state index contributed by atoms with van der Waals surface area (Å²) in [7, 11) is 0. The van der Waals surface area contributed by atoms with Gasteiger partial charge in [-0.3, -0.25) is 29.0 Å². The number of hydrogen-bond acceptors (Lipinski definition) is 8. The Balaban J connectivity index is 1.08. The largest absolute Gasteiger partial charge is 0.340 e. The van der Waals surface area contributed by atoms with Gasteiger partial charge in [0.25, 0.3) is 0 Å². The van der Waals surface area contributed by atoms with Crippen LogP contribution in [0.4, 0.5) is 0 Å². The standard InChI is InChI=1S/C47H56Cl2N6O4S2/c1-30-8-5-6-9-35(30)44-38-14-23-61-46(38)39(28-53(44)29-43(58)52-20-21-54(32(3)27-52)42(57)26-49)34-10-11-36(31(2)24-34)45-37-13-22-60-40(37)12-17-55(45)33(4)47(59)51-16-7-15-50(18-19-51)41(56)25-48/h5-6,8-11,13-14,22-24,32-33,39,44-45H,7,12,15-21,25-29H2,1-4H3. The van der Waals surface area contributed by atoms with E-state index in [9.17, 15) is 19.2 Å². The fraction of sp³-hybridized carbons (Fsp3) is 0.489. The van der Waals surface area contributed by atoms with Gasteiger partial charge in [0.2, 0.25) is 23.6 Å². The van der Waals surface area contributed by atoms with Crippen molar-refractivity contribution in [3.63, 3.8) is 0 Å². The second kappa shape index (κ2) is 18.9. The van der Waals surface area contributed by atoms with Gasteiger partial charge < -0.3 is 19.6 Å². The third kappa shape index (κ3) is 8.78. The van der Waals surface area contributed by atoms with Crippen molar-refractivity contribution in [3.8, 4) is 0 Å². The second-order valence-electron chi connectivity index (χ2n) is 17.1. The number of benzene rings is 2. The molecule has 324 valence electrons. The molecule has 5 atom stereocenters. The lowest BCUT2D eigenvalue weighted by Crippen LogP contribution is -2.57. The van der Waals surface area contributed by atoms with Crippen molar-refractivity contribution in [2.24, 2.45) is 0 Å². The van der Waals surface area contributed by atoms with Crippen LogP contribution in [0.5, 0.6) is 0 Å². The number of piperazine rings is 1. The molecule has 2 fully saturated rings. The lowest BCUT2D eigenvalue weighted by molar-refractivity contribution is -0.142. The van der Waals surface area contributed by atoms with Gasteiger partial charge in [-0.2, -0.15) is 0 Å². The maximum Gasteiger partial charge on any atom is 0.239 e. The van der Waals surface area contributed by atoms with Crippen molar-refractivity contribution in [1.82, 2.24) is 29.4 Å². The average molecular weight is 904 g/mol. The summed E-state index contributed by atoms with van der Waals surface area (Å²) in [5, 5.41) is 4.37. The predicted octanol–water partition coefficient (Wildman–Crippen LogP) is 6.90. The predicted molar refractivity (Wildman–Crippen MR) is 245 cm³/mol. The maximum atomic E-state index is 14.3. The normalized spacial score (nSPS) is 23.0. The van der Waals surface area contributed by atoms with E-state index in [0.717, 1.165) is 19.4 Å². The quantitative estimate of drug-likeness (QED) is 0.170. The van der Waals surface area contributed by atoms with Gasteiger partial charge in [-0.05, 0) is 102 Å². The molecule has 14 heteroatoms. The Morgan fingerprint density at radius 3 is 2.16 bits per heavy atom. The molecule has 2 saturated heterocycles. The fourth-order valence-electron chi connectivity index (χ4n) is 10.2. The molecule has 4 amide bonds. The second-order valence-corrected chi connectivity index (χ2v) is 19.5. The summed E-state index contributed by atoms with van der Waals surface area (Å²) >= 11 is 15.4. The first-order valence-electron chi connectivity index (χ1n) is 21.5. The smallest absolute Gasteiger partial charge is 0.239 e. The molecule has 10 nitrogen and oxygen atoms in total. The Kier molecular flexibility index (Phi) is 13.6. The molecule has 4 aliphatic rings. The summed E-state index contributed by atoms with van der Waals surface area (Å²) in [6.45, 7) is 13.8. The van der Waals surface area contributed by atoms with E-state index >= 15 is 0 Å². The molecule has 8 rings (SSSR count). The van der Waals surface area contributed by atoms with Crippen molar-refractivity contribution >= 4 is 69.5 Å². The highest BCUT2D eigenvalue weighted by Gasteiger charge is 2.41. The minimum atomic E-state index is -0.351. The number of thiophene rings is 2. The number of carbonyl (C=O) groups is 4. The van der Waals surface area contributed by atoms with Crippen LogP contribution in [0.1, 0.15) is 87.0 Å². The number of amides is 4. The summed E-state index contributed by atoms with van der Waals surface area (Å²) in [6, 6.07) is 19.3. The van der Waals surface area contributed by atoms with E-state index in [1.54, 1.807) is 32.5 Å². The molecule has 61 heavy (non-hydrogen) atoms. The number of nitrogens with zero attached hydrogens (tertiary/aromatic N) is 6. The number of fused-ring (bicyclic) bond motifs is 2. The first-order chi connectivity index (χ1) is 29.5. The summed E-state index contributed by atoms with van der Waals surface area (Å²) in [5.74, 6) is -0.0445. The summed E-state index contributed by atoms with van der Waals surface area (Å²) in [5.41, 5.74) is 8.51. The molecule has 0 spiro atoms. The van der Waals surface area contributed by atoms with Gasteiger partial charge in [0.15, 0.2) is 0 Å². The Labute approximate surface area is 378 Å². The van der Waals surface area contributed by atoms with Gasteiger partial charge in [0.1, 0.15) is 11.8 Å². The van der Waals surface area contributed by atoms with Crippen LogP contribution < -0.4 is 0 Å². The molecule has 0 N–H and O–H groups in total. The molecule has 4 aromatic rings.